The molecule has 1 atom stereocenters. The molecule has 0 bridgehead atoms. The van der Waals surface area contributed by atoms with Crippen LogP contribution in [0.1, 0.15) is 16.9 Å². The maximum Gasteiger partial charge on any atom is 0.272 e. The Bertz CT molecular complexity index is 1100. The van der Waals surface area contributed by atoms with Crippen LogP contribution in [0, 0.1) is 0 Å². The van der Waals surface area contributed by atoms with Crippen molar-refractivity contribution in [3.05, 3.63) is 53.4 Å². The summed E-state index contributed by atoms with van der Waals surface area (Å²) in [6.07, 6.45) is 3.76. The van der Waals surface area contributed by atoms with Gasteiger partial charge in [0.25, 0.3) is 5.91 Å². The summed E-state index contributed by atoms with van der Waals surface area (Å²) in [6.45, 7) is 1.07. The highest BCUT2D eigenvalue weighted by Gasteiger charge is 2.30. The Kier molecular flexibility index (Phi) is 5.99. The van der Waals surface area contributed by atoms with E-state index in [-0.39, 0.29) is 12.0 Å². The number of aryl methyl sites for hydroxylation is 1. The van der Waals surface area contributed by atoms with Crippen LogP contribution in [0.5, 0.6) is 17.2 Å². The van der Waals surface area contributed by atoms with E-state index >= 15 is 0 Å². The Morgan fingerprint density at radius 2 is 2.00 bits per heavy atom. The number of carbonyl (C=O) groups is 1. The Labute approximate surface area is 185 Å². The Hall–Kier alpha value is -3.26. The number of methoxy groups -OCH3 is 2. The van der Waals surface area contributed by atoms with Gasteiger partial charge in [-0.05, 0) is 24.3 Å². The fourth-order valence-corrected chi connectivity index (χ4v) is 3.79. The van der Waals surface area contributed by atoms with Crippen LogP contribution in [-0.2, 0) is 7.05 Å². The standard InChI is InChI=1S/C22H23ClN4O4/c1-26-19(11-18(25-26)16-10-14(29-2)4-5-20(16)30-3)22(28)27-9-7-15(13-27)31-21-6-8-24-12-17(21)23/h4-6,8,10-12,15H,7,9,13H2,1-3H3. The van der Waals surface area contributed by atoms with Gasteiger partial charge in [-0.15, -0.1) is 0 Å². The molecule has 0 aliphatic carbocycles. The van der Waals surface area contributed by atoms with Crippen LogP contribution >= 0.6 is 11.6 Å². The van der Waals surface area contributed by atoms with Crippen molar-refractivity contribution in [1.29, 1.82) is 0 Å². The quantitative estimate of drug-likeness (QED) is 0.581. The second-order valence-electron chi connectivity index (χ2n) is 7.19. The molecule has 1 aromatic carbocycles. The molecule has 1 aliphatic rings. The Morgan fingerprint density at radius 1 is 1.16 bits per heavy atom. The predicted molar refractivity (Wildman–Crippen MR) is 116 cm³/mol. The van der Waals surface area contributed by atoms with Gasteiger partial charge in [0.1, 0.15) is 34.1 Å². The van der Waals surface area contributed by atoms with Crippen LogP contribution in [0.3, 0.4) is 0 Å². The largest absolute Gasteiger partial charge is 0.497 e. The molecule has 3 aromatic rings. The van der Waals surface area contributed by atoms with Crippen LogP contribution in [0.2, 0.25) is 5.02 Å². The summed E-state index contributed by atoms with van der Waals surface area (Å²) in [5, 5.41) is 4.99. The first-order valence-electron chi connectivity index (χ1n) is 9.82. The lowest BCUT2D eigenvalue weighted by molar-refractivity contribution is 0.0761. The number of benzene rings is 1. The molecule has 0 radical (unpaired) electrons. The lowest BCUT2D eigenvalue weighted by Gasteiger charge is -2.17. The van der Waals surface area contributed by atoms with Gasteiger partial charge >= 0.3 is 0 Å². The summed E-state index contributed by atoms with van der Waals surface area (Å²) in [5.74, 6) is 1.81. The summed E-state index contributed by atoms with van der Waals surface area (Å²) in [4.78, 5) is 18.9. The van der Waals surface area contributed by atoms with E-state index in [4.69, 9.17) is 25.8 Å². The summed E-state index contributed by atoms with van der Waals surface area (Å²) in [7, 11) is 4.95. The number of likely N-dealkylation sites (tertiary alicyclic amines) is 1. The SMILES string of the molecule is COc1ccc(OC)c(-c2cc(C(=O)N3CCC(Oc4ccncc4Cl)C3)n(C)n2)c1. The number of nitrogens with zero attached hydrogens (tertiary/aromatic N) is 4. The molecule has 0 N–H and O–H groups in total. The van der Waals surface area contributed by atoms with Gasteiger partial charge in [0, 0.05) is 44.0 Å². The third-order valence-corrected chi connectivity index (χ3v) is 5.53. The Balaban J connectivity index is 1.52. The van der Waals surface area contributed by atoms with E-state index in [1.165, 1.54) is 0 Å². The topological polar surface area (TPSA) is 78.7 Å². The maximum atomic E-state index is 13.2. The van der Waals surface area contributed by atoms with E-state index in [0.717, 1.165) is 12.0 Å². The average molecular weight is 443 g/mol. The molecule has 4 rings (SSSR count). The van der Waals surface area contributed by atoms with E-state index in [1.807, 2.05) is 18.2 Å². The zero-order valence-electron chi connectivity index (χ0n) is 17.5. The number of aromatic nitrogens is 3. The zero-order chi connectivity index (χ0) is 22.0. The van der Waals surface area contributed by atoms with Gasteiger partial charge in [-0.3, -0.25) is 14.5 Å². The molecule has 9 heteroatoms. The van der Waals surface area contributed by atoms with E-state index in [2.05, 4.69) is 10.1 Å². The molecule has 1 saturated heterocycles. The normalized spacial score (nSPS) is 15.7. The number of rotatable bonds is 6. The molecule has 2 aromatic heterocycles. The van der Waals surface area contributed by atoms with Crippen molar-refractivity contribution in [1.82, 2.24) is 19.7 Å². The third-order valence-electron chi connectivity index (χ3n) is 5.24. The minimum absolute atomic E-state index is 0.102. The molecule has 1 fully saturated rings. The van der Waals surface area contributed by atoms with Gasteiger partial charge in [-0.25, -0.2) is 0 Å². The molecular formula is C22H23ClN4O4. The van der Waals surface area contributed by atoms with Gasteiger partial charge < -0.3 is 19.1 Å². The van der Waals surface area contributed by atoms with Crippen LogP contribution in [-0.4, -0.2) is 59.0 Å². The fraction of sp³-hybridized carbons (Fsp3) is 0.318. The molecule has 1 aliphatic heterocycles. The van der Waals surface area contributed by atoms with Gasteiger partial charge in [0.2, 0.25) is 0 Å². The molecule has 0 spiro atoms. The molecule has 162 valence electrons. The summed E-state index contributed by atoms with van der Waals surface area (Å²) >= 11 is 6.13. The van der Waals surface area contributed by atoms with Gasteiger partial charge in [0.15, 0.2) is 0 Å². The summed E-state index contributed by atoms with van der Waals surface area (Å²) < 4.78 is 18.3. The monoisotopic (exact) mass is 442 g/mol. The first-order valence-corrected chi connectivity index (χ1v) is 10.2. The highest BCUT2D eigenvalue weighted by molar-refractivity contribution is 6.31. The number of pyridine rings is 1. The van der Waals surface area contributed by atoms with E-state index < -0.39 is 0 Å². The number of ether oxygens (including phenoxy) is 3. The highest BCUT2D eigenvalue weighted by atomic mass is 35.5. The second-order valence-corrected chi connectivity index (χ2v) is 7.60. The van der Waals surface area contributed by atoms with Crippen LogP contribution < -0.4 is 14.2 Å². The van der Waals surface area contributed by atoms with Gasteiger partial charge in [0.05, 0.1) is 26.5 Å². The van der Waals surface area contributed by atoms with E-state index in [0.29, 0.717) is 46.7 Å². The molecule has 8 nitrogen and oxygen atoms in total. The lowest BCUT2D eigenvalue weighted by atomic mass is 10.1. The van der Waals surface area contributed by atoms with Crippen molar-refractivity contribution in [2.75, 3.05) is 27.3 Å². The number of halogens is 1. The Morgan fingerprint density at radius 3 is 2.74 bits per heavy atom. The maximum absolute atomic E-state index is 13.2. The lowest BCUT2D eigenvalue weighted by Crippen LogP contribution is -2.32. The molecule has 3 heterocycles. The van der Waals surface area contributed by atoms with Crippen molar-refractivity contribution in [2.24, 2.45) is 7.05 Å². The minimum Gasteiger partial charge on any atom is -0.497 e. The van der Waals surface area contributed by atoms with Crippen LogP contribution in [0.25, 0.3) is 11.3 Å². The average Bonchev–Trinajstić information content (AvgIpc) is 3.41. The van der Waals surface area contributed by atoms with Crippen LogP contribution in [0.15, 0.2) is 42.7 Å². The van der Waals surface area contributed by atoms with Gasteiger partial charge in [-0.2, -0.15) is 5.10 Å². The van der Waals surface area contributed by atoms with Crippen molar-refractivity contribution in [2.45, 2.75) is 12.5 Å². The third kappa shape index (κ3) is 4.29. The minimum atomic E-state index is -0.130. The predicted octanol–water partition coefficient (Wildman–Crippen LogP) is 3.45. The second kappa shape index (κ2) is 8.85. The summed E-state index contributed by atoms with van der Waals surface area (Å²) in [5.41, 5.74) is 1.88. The number of hydrogen-bond acceptors (Lipinski definition) is 6. The van der Waals surface area contributed by atoms with Crippen molar-refractivity contribution >= 4 is 17.5 Å². The first kappa shape index (κ1) is 21.0. The van der Waals surface area contributed by atoms with Crippen molar-refractivity contribution in [3.8, 4) is 28.5 Å². The molecular weight excluding hydrogens is 420 g/mol. The fourth-order valence-electron chi connectivity index (χ4n) is 3.62. The first-order chi connectivity index (χ1) is 15.0. The zero-order valence-corrected chi connectivity index (χ0v) is 18.3. The number of hydrogen-bond donors (Lipinski definition) is 0. The van der Waals surface area contributed by atoms with Crippen molar-refractivity contribution < 1.29 is 19.0 Å². The van der Waals surface area contributed by atoms with Gasteiger partial charge in [-0.1, -0.05) is 11.6 Å². The molecule has 31 heavy (non-hydrogen) atoms. The number of amides is 1. The summed E-state index contributed by atoms with van der Waals surface area (Å²) in [6, 6.07) is 8.97. The molecule has 1 unspecified atom stereocenters. The molecule has 0 saturated carbocycles. The number of carbonyl (C=O) groups excluding carboxylic acids is 1. The van der Waals surface area contributed by atoms with E-state index in [1.54, 1.807) is 55.4 Å². The van der Waals surface area contributed by atoms with Crippen LogP contribution in [0.4, 0.5) is 0 Å². The molecule has 1 amide bonds. The smallest absolute Gasteiger partial charge is 0.272 e. The van der Waals surface area contributed by atoms with E-state index in [9.17, 15) is 4.79 Å². The van der Waals surface area contributed by atoms with Crippen molar-refractivity contribution in [3.63, 3.8) is 0 Å². The highest BCUT2D eigenvalue weighted by Crippen LogP contribution is 2.33.